The highest BCUT2D eigenvalue weighted by Gasteiger charge is 2.12. The van der Waals surface area contributed by atoms with Crippen LogP contribution in [0, 0.1) is 13.8 Å². The summed E-state index contributed by atoms with van der Waals surface area (Å²) in [5.74, 6) is 0.864. The third-order valence-corrected chi connectivity index (χ3v) is 4.07. The second-order valence-corrected chi connectivity index (χ2v) is 5.81. The topological polar surface area (TPSA) is 26.3 Å². The van der Waals surface area contributed by atoms with Gasteiger partial charge >= 0.3 is 0 Å². The van der Waals surface area contributed by atoms with Crippen molar-refractivity contribution in [1.29, 1.82) is 0 Å². The Kier molecular flexibility index (Phi) is 4.92. The van der Waals surface area contributed by atoms with Crippen molar-refractivity contribution in [3.63, 3.8) is 0 Å². The predicted octanol–water partition coefficient (Wildman–Crippen LogP) is 5.04. The highest BCUT2D eigenvalue weighted by atomic mass is 35.5. The summed E-state index contributed by atoms with van der Waals surface area (Å²) in [5, 5.41) is 0.952. The Morgan fingerprint density at radius 3 is 2.19 bits per heavy atom. The Morgan fingerprint density at radius 2 is 1.67 bits per heavy atom. The lowest BCUT2D eigenvalue weighted by molar-refractivity contribution is 0.0993. The zero-order valence-electron chi connectivity index (χ0n) is 12.2. The van der Waals surface area contributed by atoms with E-state index >= 15 is 0 Å². The summed E-state index contributed by atoms with van der Waals surface area (Å²) in [6.45, 7) is 3.86. The van der Waals surface area contributed by atoms with Gasteiger partial charge < -0.3 is 4.74 Å². The summed E-state index contributed by atoms with van der Waals surface area (Å²) in [6.07, 6.45) is 0.294. The molecule has 0 atom stereocenters. The zero-order chi connectivity index (χ0) is 15.6. The van der Waals surface area contributed by atoms with Crippen molar-refractivity contribution < 1.29 is 9.53 Å². The van der Waals surface area contributed by atoms with Gasteiger partial charge in [-0.25, -0.2) is 0 Å². The number of halogens is 2. The Balaban J connectivity index is 2.26. The van der Waals surface area contributed by atoms with E-state index in [1.807, 2.05) is 32.0 Å². The normalized spacial score (nSPS) is 10.5. The third-order valence-electron chi connectivity index (χ3n) is 3.34. The van der Waals surface area contributed by atoms with Crippen LogP contribution < -0.4 is 4.74 Å². The largest absolute Gasteiger partial charge is 0.496 e. The van der Waals surface area contributed by atoms with E-state index in [4.69, 9.17) is 27.9 Å². The van der Waals surface area contributed by atoms with Gasteiger partial charge in [0.25, 0.3) is 0 Å². The van der Waals surface area contributed by atoms with Crippen LogP contribution in [0.25, 0.3) is 0 Å². The number of Topliss-reactive ketones (excluding diaryl/α,β-unsaturated/α-hetero) is 1. The molecule has 4 heteroatoms. The van der Waals surface area contributed by atoms with Crippen LogP contribution in [0.1, 0.15) is 27.0 Å². The first kappa shape index (κ1) is 15.9. The lowest BCUT2D eigenvalue weighted by atomic mass is 9.98. The summed E-state index contributed by atoms with van der Waals surface area (Å²) in [4.78, 5) is 12.4. The van der Waals surface area contributed by atoms with E-state index in [0.29, 0.717) is 22.0 Å². The fraction of sp³-hybridized carbons (Fsp3) is 0.235. The molecule has 0 N–H and O–H groups in total. The second kappa shape index (κ2) is 6.50. The maximum absolute atomic E-state index is 12.4. The molecule has 0 fully saturated rings. The average molecular weight is 323 g/mol. The smallest absolute Gasteiger partial charge is 0.167 e. The molecule has 0 bridgehead atoms. The molecule has 0 amide bonds. The number of methoxy groups -OCH3 is 1. The van der Waals surface area contributed by atoms with Crippen molar-refractivity contribution in [2.45, 2.75) is 20.3 Å². The molecule has 0 heterocycles. The monoisotopic (exact) mass is 322 g/mol. The van der Waals surface area contributed by atoms with Crippen LogP contribution >= 0.6 is 23.2 Å². The summed E-state index contributed by atoms with van der Waals surface area (Å²) in [6, 6.07) is 8.95. The second-order valence-electron chi connectivity index (χ2n) is 4.99. The molecule has 0 radical (unpaired) electrons. The number of hydrogen-bond donors (Lipinski definition) is 0. The Labute approximate surface area is 134 Å². The number of aryl methyl sites for hydroxylation is 2. The summed E-state index contributed by atoms with van der Waals surface area (Å²) in [5.41, 5.74) is 3.43. The highest BCUT2D eigenvalue weighted by Crippen LogP contribution is 2.26. The number of rotatable bonds is 4. The van der Waals surface area contributed by atoms with E-state index < -0.39 is 0 Å². The fourth-order valence-corrected chi connectivity index (χ4v) is 2.69. The molecule has 2 aromatic rings. The van der Waals surface area contributed by atoms with Crippen molar-refractivity contribution in [2.24, 2.45) is 0 Å². The summed E-state index contributed by atoms with van der Waals surface area (Å²) < 4.78 is 5.31. The minimum Gasteiger partial charge on any atom is -0.496 e. The first-order valence-corrected chi connectivity index (χ1v) is 7.30. The SMILES string of the molecule is COc1c(C)cc(C(=O)Cc2ccc(Cl)c(Cl)c2)cc1C. The van der Waals surface area contributed by atoms with Gasteiger partial charge in [0.1, 0.15) is 5.75 Å². The van der Waals surface area contributed by atoms with Crippen LogP contribution in [0.2, 0.25) is 10.0 Å². The van der Waals surface area contributed by atoms with Crippen molar-refractivity contribution in [1.82, 2.24) is 0 Å². The van der Waals surface area contributed by atoms with Gasteiger partial charge in [0.15, 0.2) is 5.78 Å². The number of ether oxygens (including phenoxy) is 1. The minimum absolute atomic E-state index is 0.0437. The number of carbonyl (C=O) groups excluding carboxylic acids is 1. The van der Waals surface area contributed by atoms with Gasteiger partial charge in [0.05, 0.1) is 17.2 Å². The lowest BCUT2D eigenvalue weighted by Gasteiger charge is -2.11. The van der Waals surface area contributed by atoms with Gasteiger partial charge in [-0.3, -0.25) is 4.79 Å². The molecule has 110 valence electrons. The van der Waals surface area contributed by atoms with Gasteiger partial charge in [-0.1, -0.05) is 29.3 Å². The molecule has 0 unspecified atom stereocenters. The van der Waals surface area contributed by atoms with Crippen LogP contribution in [0.15, 0.2) is 30.3 Å². The molecule has 0 saturated heterocycles. The zero-order valence-corrected chi connectivity index (χ0v) is 13.7. The van der Waals surface area contributed by atoms with Crippen molar-refractivity contribution in [3.05, 3.63) is 62.6 Å². The summed E-state index contributed by atoms with van der Waals surface area (Å²) >= 11 is 11.9. The van der Waals surface area contributed by atoms with Crippen LogP contribution in [-0.2, 0) is 6.42 Å². The summed E-state index contributed by atoms with van der Waals surface area (Å²) in [7, 11) is 1.63. The quantitative estimate of drug-likeness (QED) is 0.737. The molecule has 2 aromatic carbocycles. The number of benzene rings is 2. The number of ketones is 1. The van der Waals surface area contributed by atoms with Crippen molar-refractivity contribution in [2.75, 3.05) is 7.11 Å². The van der Waals surface area contributed by atoms with Crippen LogP contribution in [-0.4, -0.2) is 12.9 Å². The number of hydrogen-bond acceptors (Lipinski definition) is 2. The van der Waals surface area contributed by atoms with Crippen molar-refractivity contribution >= 4 is 29.0 Å². The standard InChI is InChI=1S/C17H16Cl2O2/c1-10-6-13(7-11(2)17(10)21-3)16(20)9-12-4-5-14(18)15(19)8-12/h4-8H,9H2,1-3H3. The van der Waals surface area contributed by atoms with E-state index in [1.54, 1.807) is 19.2 Å². The molecule has 0 aliphatic rings. The highest BCUT2D eigenvalue weighted by molar-refractivity contribution is 6.42. The molecule has 0 aliphatic heterocycles. The van der Waals surface area contributed by atoms with Crippen LogP contribution in [0.3, 0.4) is 0 Å². The molecular formula is C17H16Cl2O2. The van der Waals surface area contributed by atoms with E-state index in [9.17, 15) is 4.79 Å². The lowest BCUT2D eigenvalue weighted by Crippen LogP contribution is -2.05. The van der Waals surface area contributed by atoms with Crippen LogP contribution in [0.4, 0.5) is 0 Å². The van der Waals surface area contributed by atoms with E-state index in [1.165, 1.54) is 0 Å². The van der Waals surface area contributed by atoms with Gasteiger partial charge in [0, 0.05) is 12.0 Å². The Morgan fingerprint density at radius 1 is 1.05 bits per heavy atom. The first-order chi connectivity index (χ1) is 9.92. The molecule has 0 aromatic heterocycles. The van der Waals surface area contributed by atoms with E-state index in [-0.39, 0.29) is 5.78 Å². The van der Waals surface area contributed by atoms with Gasteiger partial charge in [-0.15, -0.1) is 0 Å². The molecule has 0 spiro atoms. The average Bonchev–Trinajstić information content (AvgIpc) is 2.42. The first-order valence-electron chi connectivity index (χ1n) is 6.54. The molecular weight excluding hydrogens is 307 g/mol. The third kappa shape index (κ3) is 3.58. The van der Waals surface area contributed by atoms with E-state index in [0.717, 1.165) is 22.4 Å². The van der Waals surface area contributed by atoms with Gasteiger partial charge in [0.2, 0.25) is 0 Å². The molecule has 21 heavy (non-hydrogen) atoms. The molecule has 0 aliphatic carbocycles. The maximum atomic E-state index is 12.4. The predicted molar refractivity (Wildman–Crippen MR) is 87.0 cm³/mol. The Bertz CT molecular complexity index is 670. The van der Waals surface area contributed by atoms with Crippen LogP contribution in [0.5, 0.6) is 5.75 Å². The fourth-order valence-electron chi connectivity index (χ4n) is 2.37. The number of carbonyl (C=O) groups is 1. The minimum atomic E-state index is 0.0437. The molecule has 2 nitrogen and oxygen atoms in total. The molecule has 0 saturated carbocycles. The van der Waals surface area contributed by atoms with Gasteiger partial charge in [-0.05, 0) is 54.8 Å². The van der Waals surface area contributed by atoms with E-state index in [2.05, 4.69) is 0 Å². The maximum Gasteiger partial charge on any atom is 0.167 e. The van der Waals surface area contributed by atoms with Crippen molar-refractivity contribution in [3.8, 4) is 5.75 Å². The van der Waals surface area contributed by atoms with Gasteiger partial charge in [-0.2, -0.15) is 0 Å². The Hall–Kier alpha value is -1.51. The molecule has 2 rings (SSSR count).